The second kappa shape index (κ2) is 7.75. The molecule has 1 rings (SSSR count). The number of amides is 2. The maximum Gasteiger partial charge on any atom is 0.317 e. The average Bonchev–Trinajstić information content (AvgIpc) is 2.46. The van der Waals surface area contributed by atoms with E-state index >= 15 is 0 Å². The van der Waals surface area contributed by atoms with E-state index in [-0.39, 0.29) is 18.6 Å². The number of methoxy groups -OCH3 is 1. The lowest BCUT2D eigenvalue weighted by Gasteiger charge is -2.23. The lowest BCUT2D eigenvalue weighted by atomic mass is 10.1. The van der Waals surface area contributed by atoms with Crippen LogP contribution in [0.15, 0.2) is 24.3 Å². The Morgan fingerprint density at radius 3 is 2.80 bits per heavy atom. The lowest BCUT2D eigenvalue weighted by molar-refractivity contribution is 0.130. The van der Waals surface area contributed by atoms with E-state index in [1.54, 1.807) is 20.2 Å². The topological polar surface area (TPSA) is 61.8 Å². The van der Waals surface area contributed by atoms with Crippen molar-refractivity contribution in [2.75, 3.05) is 20.7 Å². The molecular weight excluding hydrogens is 256 g/mol. The molecule has 0 aliphatic heterocycles. The van der Waals surface area contributed by atoms with Crippen LogP contribution in [-0.2, 0) is 0 Å². The molecular formula is C15H24N2O3. The monoisotopic (exact) mass is 280 g/mol. The van der Waals surface area contributed by atoms with E-state index in [1.807, 2.05) is 32.0 Å². The highest BCUT2D eigenvalue weighted by molar-refractivity contribution is 5.74. The summed E-state index contributed by atoms with van der Waals surface area (Å²) in [6, 6.07) is 7.16. The first-order valence-corrected chi connectivity index (χ1v) is 6.81. The van der Waals surface area contributed by atoms with Gasteiger partial charge in [-0.1, -0.05) is 19.1 Å². The predicted octanol–water partition coefficient (Wildman–Crippen LogP) is 2.17. The molecule has 0 heterocycles. The predicted molar refractivity (Wildman–Crippen MR) is 78.9 cm³/mol. The third kappa shape index (κ3) is 4.74. The number of ether oxygens (including phenoxy) is 1. The van der Waals surface area contributed by atoms with E-state index in [2.05, 4.69) is 5.32 Å². The summed E-state index contributed by atoms with van der Waals surface area (Å²) >= 11 is 0. The summed E-state index contributed by atoms with van der Waals surface area (Å²) in [6.07, 6.45) is 0.135. The minimum atomic E-state index is -0.738. The van der Waals surface area contributed by atoms with Crippen molar-refractivity contribution in [2.24, 2.45) is 0 Å². The van der Waals surface area contributed by atoms with Crippen LogP contribution in [0.1, 0.15) is 31.9 Å². The fourth-order valence-corrected chi connectivity index (χ4v) is 1.72. The zero-order valence-electron chi connectivity index (χ0n) is 12.6. The average molecular weight is 280 g/mol. The largest absolute Gasteiger partial charge is 0.497 e. The highest BCUT2D eigenvalue weighted by Crippen LogP contribution is 2.19. The Morgan fingerprint density at radius 1 is 1.50 bits per heavy atom. The van der Waals surface area contributed by atoms with Crippen LogP contribution in [0.25, 0.3) is 0 Å². The van der Waals surface area contributed by atoms with Crippen molar-refractivity contribution >= 4 is 6.03 Å². The SMILES string of the molecule is CCC(C)NC(=O)N(C)CC(O)c1cccc(OC)c1. The van der Waals surface area contributed by atoms with Crippen molar-refractivity contribution in [3.63, 3.8) is 0 Å². The van der Waals surface area contributed by atoms with Gasteiger partial charge in [0.2, 0.25) is 0 Å². The number of urea groups is 1. The Bertz CT molecular complexity index is 437. The van der Waals surface area contributed by atoms with E-state index in [4.69, 9.17) is 4.74 Å². The molecule has 112 valence electrons. The number of carbonyl (C=O) groups is 1. The number of hydrogen-bond acceptors (Lipinski definition) is 3. The van der Waals surface area contributed by atoms with Gasteiger partial charge in [-0.3, -0.25) is 0 Å². The van der Waals surface area contributed by atoms with Crippen molar-refractivity contribution in [1.82, 2.24) is 10.2 Å². The number of likely N-dealkylation sites (N-methyl/N-ethyl adjacent to an activating group) is 1. The van der Waals surface area contributed by atoms with Gasteiger partial charge in [-0.25, -0.2) is 4.79 Å². The number of nitrogens with one attached hydrogen (secondary N) is 1. The second-order valence-electron chi connectivity index (χ2n) is 4.93. The van der Waals surface area contributed by atoms with Crippen molar-refractivity contribution in [1.29, 1.82) is 0 Å². The number of carbonyl (C=O) groups excluding carboxylic acids is 1. The van der Waals surface area contributed by atoms with Crippen LogP contribution in [0.4, 0.5) is 4.79 Å². The van der Waals surface area contributed by atoms with Gasteiger partial charge < -0.3 is 20.1 Å². The summed E-state index contributed by atoms with van der Waals surface area (Å²) in [5, 5.41) is 13.0. The Morgan fingerprint density at radius 2 is 2.20 bits per heavy atom. The van der Waals surface area contributed by atoms with Crippen LogP contribution in [0, 0.1) is 0 Å². The van der Waals surface area contributed by atoms with Crippen molar-refractivity contribution in [3.8, 4) is 5.75 Å². The van der Waals surface area contributed by atoms with Crippen molar-refractivity contribution in [2.45, 2.75) is 32.4 Å². The molecule has 1 aromatic rings. The van der Waals surface area contributed by atoms with Gasteiger partial charge in [0.25, 0.3) is 0 Å². The van der Waals surface area contributed by atoms with Crippen molar-refractivity contribution in [3.05, 3.63) is 29.8 Å². The number of aliphatic hydroxyl groups excluding tert-OH is 1. The molecule has 1 aromatic carbocycles. The molecule has 0 aliphatic carbocycles. The molecule has 0 bridgehead atoms. The van der Waals surface area contributed by atoms with Gasteiger partial charge in [-0.15, -0.1) is 0 Å². The second-order valence-corrected chi connectivity index (χ2v) is 4.93. The Hall–Kier alpha value is -1.75. The molecule has 5 nitrogen and oxygen atoms in total. The number of benzene rings is 1. The molecule has 0 aromatic heterocycles. The smallest absolute Gasteiger partial charge is 0.317 e. The molecule has 0 saturated carbocycles. The van der Waals surface area contributed by atoms with Crippen LogP contribution in [0.3, 0.4) is 0 Å². The fraction of sp³-hybridized carbons (Fsp3) is 0.533. The Labute approximate surface area is 120 Å². The first-order chi connectivity index (χ1) is 9.47. The summed E-state index contributed by atoms with van der Waals surface area (Å²) in [7, 11) is 3.25. The molecule has 0 aliphatic rings. The van der Waals surface area contributed by atoms with Crippen LogP contribution in [0.2, 0.25) is 0 Å². The van der Waals surface area contributed by atoms with Gasteiger partial charge in [0.15, 0.2) is 0 Å². The molecule has 2 atom stereocenters. The number of hydrogen-bond donors (Lipinski definition) is 2. The van der Waals surface area contributed by atoms with Gasteiger partial charge in [0, 0.05) is 13.1 Å². The normalized spacial score (nSPS) is 13.4. The summed E-state index contributed by atoms with van der Waals surface area (Å²) in [6.45, 7) is 4.19. The molecule has 5 heteroatoms. The van der Waals surface area contributed by atoms with Crippen LogP contribution in [-0.4, -0.2) is 42.8 Å². The molecule has 2 unspecified atom stereocenters. The molecule has 0 spiro atoms. The minimum Gasteiger partial charge on any atom is -0.497 e. The summed E-state index contributed by atoms with van der Waals surface area (Å²) in [5.74, 6) is 0.688. The zero-order valence-corrected chi connectivity index (χ0v) is 12.6. The fourth-order valence-electron chi connectivity index (χ4n) is 1.72. The highest BCUT2D eigenvalue weighted by Gasteiger charge is 2.16. The zero-order chi connectivity index (χ0) is 15.1. The maximum absolute atomic E-state index is 11.9. The Balaban J connectivity index is 2.60. The third-order valence-electron chi connectivity index (χ3n) is 3.25. The minimum absolute atomic E-state index is 0.124. The Kier molecular flexibility index (Phi) is 6.31. The van der Waals surface area contributed by atoms with E-state index < -0.39 is 6.10 Å². The van der Waals surface area contributed by atoms with E-state index in [0.717, 1.165) is 12.0 Å². The molecule has 0 fully saturated rings. The van der Waals surface area contributed by atoms with Gasteiger partial charge in [-0.2, -0.15) is 0 Å². The van der Waals surface area contributed by atoms with Crippen LogP contribution in [0.5, 0.6) is 5.75 Å². The molecule has 0 radical (unpaired) electrons. The molecule has 20 heavy (non-hydrogen) atoms. The molecule has 2 N–H and O–H groups in total. The van der Waals surface area contributed by atoms with E-state index in [9.17, 15) is 9.90 Å². The summed E-state index contributed by atoms with van der Waals surface area (Å²) in [4.78, 5) is 13.4. The third-order valence-corrected chi connectivity index (χ3v) is 3.25. The van der Waals surface area contributed by atoms with Gasteiger partial charge in [0.05, 0.1) is 19.8 Å². The van der Waals surface area contributed by atoms with E-state index in [0.29, 0.717) is 5.75 Å². The lowest BCUT2D eigenvalue weighted by Crippen LogP contribution is -2.43. The first-order valence-electron chi connectivity index (χ1n) is 6.81. The standard InChI is InChI=1S/C15H24N2O3/c1-5-11(2)16-15(19)17(3)10-14(18)12-7-6-8-13(9-12)20-4/h6-9,11,14,18H,5,10H2,1-4H3,(H,16,19). The van der Waals surface area contributed by atoms with Gasteiger partial charge >= 0.3 is 6.03 Å². The maximum atomic E-state index is 11.9. The number of rotatable bonds is 6. The number of aliphatic hydroxyl groups is 1. The van der Waals surface area contributed by atoms with E-state index in [1.165, 1.54) is 4.90 Å². The number of nitrogens with zero attached hydrogens (tertiary/aromatic N) is 1. The molecule has 0 saturated heterocycles. The first kappa shape index (κ1) is 16.3. The highest BCUT2D eigenvalue weighted by atomic mass is 16.5. The van der Waals surface area contributed by atoms with Crippen LogP contribution >= 0.6 is 0 Å². The quantitative estimate of drug-likeness (QED) is 0.839. The van der Waals surface area contributed by atoms with Gasteiger partial charge in [0.1, 0.15) is 5.75 Å². The van der Waals surface area contributed by atoms with Gasteiger partial charge in [-0.05, 0) is 31.0 Å². The van der Waals surface area contributed by atoms with Crippen molar-refractivity contribution < 1.29 is 14.6 Å². The summed E-state index contributed by atoms with van der Waals surface area (Å²) < 4.78 is 5.12. The summed E-state index contributed by atoms with van der Waals surface area (Å²) in [5.41, 5.74) is 0.729. The molecule has 2 amide bonds. The van der Waals surface area contributed by atoms with Crippen LogP contribution < -0.4 is 10.1 Å².